The van der Waals surface area contributed by atoms with Crippen molar-refractivity contribution in [3.05, 3.63) is 35.9 Å². The Kier molecular flexibility index (Phi) is 6.62. The number of nitrogens with two attached hydrogens (primary N) is 1. The van der Waals surface area contributed by atoms with Gasteiger partial charge in [0.05, 0.1) is 12.5 Å². The predicted molar refractivity (Wildman–Crippen MR) is 83.6 cm³/mol. The number of hydrogen-bond acceptors (Lipinski definition) is 4. The van der Waals surface area contributed by atoms with Crippen LogP contribution in [-0.2, 0) is 14.3 Å². The maximum atomic E-state index is 11.9. The first-order valence-corrected chi connectivity index (χ1v) is 6.95. The first-order chi connectivity index (χ1) is 9.93. The van der Waals surface area contributed by atoms with Crippen LogP contribution in [0.2, 0.25) is 0 Å². The molecule has 1 rings (SSSR count). The second kappa shape index (κ2) is 8.21. The van der Waals surface area contributed by atoms with Gasteiger partial charge in [-0.1, -0.05) is 19.1 Å². The van der Waals surface area contributed by atoms with Gasteiger partial charge in [-0.15, -0.1) is 0 Å². The van der Waals surface area contributed by atoms with Crippen LogP contribution in [0.3, 0.4) is 0 Å². The van der Waals surface area contributed by atoms with E-state index in [0.29, 0.717) is 12.3 Å². The van der Waals surface area contributed by atoms with Crippen molar-refractivity contribution in [3.63, 3.8) is 0 Å². The van der Waals surface area contributed by atoms with Crippen LogP contribution in [0.5, 0.6) is 0 Å². The highest BCUT2D eigenvalue weighted by atomic mass is 16.5. The van der Waals surface area contributed by atoms with E-state index in [1.54, 1.807) is 39.0 Å². The van der Waals surface area contributed by atoms with E-state index in [1.165, 1.54) is 6.08 Å². The van der Waals surface area contributed by atoms with Crippen LogP contribution in [0.4, 0.5) is 5.69 Å². The Morgan fingerprint density at radius 1 is 1.29 bits per heavy atom. The molecule has 0 saturated heterocycles. The molecular formula is C16H22N2O3. The average molecular weight is 290 g/mol. The van der Waals surface area contributed by atoms with Gasteiger partial charge in [0.1, 0.15) is 0 Å². The number of hydrogen-bond donors (Lipinski definition) is 2. The highest BCUT2D eigenvalue weighted by Crippen LogP contribution is 2.13. The number of carbonyl (C=O) groups is 2. The third kappa shape index (κ3) is 5.79. The van der Waals surface area contributed by atoms with Gasteiger partial charge in [-0.2, -0.15) is 0 Å². The summed E-state index contributed by atoms with van der Waals surface area (Å²) in [7, 11) is 0. The van der Waals surface area contributed by atoms with Crippen LogP contribution in [0.15, 0.2) is 30.3 Å². The van der Waals surface area contributed by atoms with Crippen molar-refractivity contribution in [2.45, 2.75) is 26.8 Å². The molecule has 0 aromatic heterocycles. The summed E-state index contributed by atoms with van der Waals surface area (Å²) in [5.74, 6) is -0.742. The van der Waals surface area contributed by atoms with Crippen molar-refractivity contribution in [3.8, 4) is 0 Å². The lowest BCUT2D eigenvalue weighted by Crippen LogP contribution is -2.34. The van der Waals surface area contributed by atoms with E-state index in [1.807, 2.05) is 12.1 Å². The van der Waals surface area contributed by atoms with Crippen LogP contribution in [0.25, 0.3) is 6.08 Å². The normalized spacial score (nSPS) is 13.7. The maximum Gasteiger partial charge on any atom is 0.330 e. The molecule has 0 radical (unpaired) electrons. The van der Waals surface area contributed by atoms with Gasteiger partial charge >= 0.3 is 5.97 Å². The zero-order valence-electron chi connectivity index (χ0n) is 12.6. The number of anilines is 1. The summed E-state index contributed by atoms with van der Waals surface area (Å²) in [6.07, 6.45) is 3.03. The van der Waals surface area contributed by atoms with Gasteiger partial charge in [-0.05, 0) is 37.6 Å². The zero-order valence-corrected chi connectivity index (χ0v) is 12.6. The minimum absolute atomic E-state index is 0.111. The molecule has 1 aromatic carbocycles. The minimum atomic E-state index is -0.374. The molecule has 0 spiro atoms. The SMILES string of the molecule is CCOC(=O)/C=C/c1ccc(NC(=O)C(C)C(C)N)cc1. The van der Waals surface area contributed by atoms with E-state index >= 15 is 0 Å². The van der Waals surface area contributed by atoms with Gasteiger partial charge in [0.2, 0.25) is 5.91 Å². The summed E-state index contributed by atoms with van der Waals surface area (Å²) in [5.41, 5.74) is 7.24. The van der Waals surface area contributed by atoms with Crippen LogP contribution in [0, 0.1) is 5.92 Å². The Balaban J connectivity index is 2.62. The second-order valence-electron chi connectivity index (χ2n) is 4.84. The lowest BCUT2D eigenvalue weighted by atomic mass is 10.0. The van der Waals surface area contributed by atoms with E-state index in [2.05, 4.69) is 5.32 Å². The Morgan fingerprint density at radius 2 is 1.90 bits per heavy atom. The Hall–Kier alpha value is -2.14. The molecule has 0 bridgehead atoms. The van der Waals surface area contributed by atoms with E-state index in [4.69, 9.17) is 10.5 Å². The standard InChI is InChI=1S/C16H22N2O3/c1-4-21-15(19)10-7-13-5-8-14(9-6-13)18-16(20)11(2)12(3)17/h5-12H,4,17H2,1-3H3,(H,18,20)/b10-7+. The largest absolute Gasteiger partial charge is 0.463 e. The molecule has 2 atom stereocenters. The van der Waals surface area contributed by atoms with E-state index < -0.39 is 0 Å². The summed E-state index contributed by atoms with van der Waals surface area (Å²) in [5, 5.41) is 2.80. The van der Waals surface area contributed by atoms with Crippen molar-refractivity contribution in [1.29, 1.82) is 0 Å². The van der Waals surface area contributed by atoms with Crippen LogP contribution >= 0.6 is 0 Å². The quantitative estimate of drug-likeness (QED) is 0.621. The number of carbonyl (C=O) groups excluding carboxylic acids is 2. The molecule has 5 heteroatoms. The fraction of sp³-hybridized carbons (Fsp3) is 0.375. The van der Waals surface area contributed by atoms with Crippen molar-refractivity contribution >= 4 is 23.6 Å². The van der Waals surface area contributed by atoms with E-state index in [9.17, 15) is 9.59 Å². The molecule has 0 aliphatic rings. The van der Waals surface area contributed by atoms with Crippen molar-refractivity contribution in [2.75, 3.05) is 11.9 Å². The van der Waals surface area contributed by atoms with Crippen LogP contribution < -0.4 is 11.1 Å². The number of amides is 1. The third-order valence-corrected chi connectivity index (χ3v) is 3.08. The molecule has 114 valence electrons. The van der Waals surface area contributed by atoms with E-state index in [-0.39, 0.29) is 23.8 Å². The van der Waals surface area contributed by atoms with Gasteiger partial charge < -0.3 is 15.8 Å². The Labute approximate surface area is 125 Å². The summed E-state index contributed by atoms with van der Waals surface area (Å²) in [4.78, 5) is 23.0. The summed E-state index contributed by atoms with van der Waals surface area (Å²) in [6, 6.07) is 6.97. The molecule has 0 saturated carbocycles. The lowest BCUT2D eigenvalue weighted by Gasteiger charge is -2.15. The van der Waals surface area contributed by atoms with E-state index in [0.717, 1.165) is 5.56 Å². The molecule has 0 fully saturated rings. The Bertz CT molecular complexity index is 507. The number of benzene rings is 1. The van der Waals surface area contributed by atoms with Crippen molar-refractivity contribution in [2.24, 2.45) is 11.7 Å². The molecule has 0 heterocycles. The molecule has 1 aromatic rings. The summed E-state index contributed by atoms with van der Waals surface area (Å²) < 4.78 is 4.79. The average Bonchev–Trinajstić information content (AvgIpc) is 2.45. The van der Waals surface area contributed by atoms with Crippen LogP contribution in [0.1, 0.15) is 26.3 Å². The molecule has 3 N–H and O–H groups in total. The molecule has 5 nitrogen and oxygen atoms in total. The van der Waals surface area contributed by atoms with Gasteiger partial charge in [-0.3, -0.25) is 4.79 Å². The molecule has 1 amide bonds. The zero-order chi connectivity index (χ0) is 15.8. The highest BCUT2D eigenvalue weighted by Gasteiger charge is 2.16. The number of esters is 1. The van der Waals surface area contributed by atoms with Crippen molar-refractivity contribution in [1.82, 2.24) is 0 Å². The summed E-state index contributed by atoms with van der Waals surface area (Å²) >= 11 is 0. The topological polar surface area (TPSA) is 81.4 Å². The number of ether oxygens (including phenoxy) is 1. The minimum Gasteiger partial charge on any atom is -0.463 e. The monoisotopic (exact) mass is 290 g/mol. The number of nitrogens with one attached hydrogen (secondary N) is 1. The first kappa shape index (κ1) is 16.9. The third-order valence-electron chi connectivity index (χ3n) is 3.08. The molecule has 21 heavy (non-hydrogen) atoms. The molecular weight excluding hydrogens is 268 g/mol. The smallest absolute Gasteiger partial charge is 0.330 e. The highest BCUT2D eigenvalue weighted by molar-refractivity contribution is 5.93. The van der Waals surface area contributed by atoms with Crippen LogP contribution in [-0.4, -0.2) is 24.5 Å². The Morgan fingerprint density at radius 3 is 2.43 bits per heavy atom. The molecule has 0 aliphatic heterocycles. The first-order valence-electron chi connectivity index (χ1n) is 6.95. The molecule has 2 unspecified atom stereocenters. The lowest BCUT2D eigenvalue weighted by molar-refractivity contribution is -0.137. The maximum absolute atomic E-state index is 11.9. The number of rotatable bonds is 6. The second-order valence-corrected chi connectivity index (χ2v) is 4.84. The fourth-order valence-electron chi connectivity index (χ4n) is 1.53. The molecule has 0 aliphatic carbocycles. The van der Waals surface area contributed by atoms with Gasteiger partial charge in [0.25, 0.3) is 0 Å². The van der Waals surface area contributed by atoms with Gasteiger partial charge in [-0.25, -0.2) is 4.79 Å². The fourth-order valence-corrected chi connectivity index (χ4v) is 1.53. The summed E-state index contributed by atoms with van der Waals surface area (Å²) in [6.45, 7) is 5.70. The van der Waals surface area contributed by atoms with Gasteiger partial charge in [0.15, 0.2) is 0 Å². The van der Waals surface area contributed by atoms with Crippen molar-refractivity contribution < 1.29 is 14.3 Å². The predicted octanol–water partition coefficient (Wildman–Crippen LogP) is 2.18. The van der Waals surface area contributed by atoms with Gasteiger partial charge in [0, 0.05) is 17.8 Å².